The Morgan fingerprint density at radius 1 is 1.56 bits per heavy atom. The van der Waals surface area contributed by atoms with Gasteiger partial charge in [0.2, 0.25) is 0 Å². The molecule has 1 unspecified atom stereocenters. The Balaban J connectivity index is 2.25. The van der Waals surface area contributed by atoms with Gasteiger partial charge in [0.25, 0.3) is 0 Å². The number of sulfone groups is 1. The summed E-state index contributed by atoms with van der Waals surface area (Å²) in [7, 11) is -1.10. The second-order valence-electron chi connectivity index (χ2n) is 4.03. The van der Waals surface area contributed by atoms with E-state index in [0.29, 0.717) is 13.0 Å². The number of nitrogens with one attached hydrogen (secondary N) is 1. The third-order valence-electron chi connectivity index (χ3n) is 2.04. The summed E-state index contributed by atoms with van der Waals surface area (Å²) in [6.07, 6.45) is 3.59. The highest BCUT2D eigenvalue weighted by Crippen LogP contribution is 1.92. The third-order valence-corrected chi connectivity index (χ3v) is 3.15. The van der Waals surface area contributed by atoms with E-state index in [9.17, 15) is 8.42 Å². The number of nitrogens with zero attached hydrogens (tertiary/aromatic N) is 3. The van der Waals surface area contributed by atoms with Crippen LogP contribution < -0.4 is 5.32 Å². The second kappa shape index (κ2) is 5.40. The van der Waals surface area contributed by atoms with E-state index >= 15 is 0 Å². The van der Waals surface area contributed by atoms with Gasteiger partial charge in [0.1, 0.15) is 16.2 Å². The molecule has 1 aromatic rings. The van der Waals surface area contributed by atoms with Crippen LogP contribution in [0.3, 0.4) is 0 Å². The van der Waals surface area contributed by atoms with Crippen molar-refractivity contribution in [1.29, 1.82) is 0 Å². The SMILES string of the molecule is CC(CS(C)(=O)=O)NCCc1ncn(C)n1. The second-order valence-corrected chi connectivity index (χ2v) is 6.22. The maximum Gasteiger partial charge on any atom is 0.151 e. The van der Waals surface area contributed by atoms with Crippen molar-refractivity contribution < 1.29 is 8.42 Å². The number of aryl methyl sites for hydroxylation is 1. The van der Waals surface area contributed by atoms with E-state index in [1.807, 2.05) is 14.0 Å². The first-order chi connectivity index (χ1) is 7.37. The molecular formula is C9H18N4O2S. The minimum atomic E-state index is -2.91. The Labute approximate surface area is 96.0 Å². The molecule has 0 saturated heterocycles. The van der Waals surface area contributed by atoms with Gasteiger partial charge < -0.3 is 5.32 Å². The molecule has 0 saturated carbocycles. The van der Waals surface area contributed by atoms with Crippen LogP contribution in [0.4, 0.5) is 0 Å². The molecular weight excluding hydrogens is 228 g/mol. The molecule has 92 valence electrons. The Hall–Kier alpha value is -0.950. The Kier molecular flexibility index (Phi) is 4.43. The zero-order chi connectivity index (χ0) is 12.2. The maximum atomic E-state index is 11.0. The van der Waals surface area contributed by atoms with Crippen molar-refractivity contribution in [2.24, 2.45) is 7.05 Å². The van der Waals surface area contributed by atoms with Gasteiger partial charge in [0.15, 0.2) is 5.82 Å². The lowest BCUT2D eigenvalue weighted by molar-refractivity contribution is 0.557. The van der Waals surface area contributed by atoms with Crippen LogP contribution in [0.2, 0.25) is 0 Å². The predicted octanol–water partition coefficient (Wildman–Crippen LogP) is -0.620. The van der Waals surface area contributed by atoms with Crippen LogP contribution in [0.25, 0.3) is 0 Å². The standard InChI is InChI=1S/C9H18N4O2S/c1-8(6-16(3,14)15)10-5-4-9-11-7-13(2)12-9/h7-8,10H,4-6H2,1-3H3. The summed E-state index contributed by atoms with van der Waals surface area (Å²) in [6.45, 7) is 2.54. The van der Waals surface area contributed by atoms with Crippen LogP contribution in [0.1, 0.15) is 12.7 Å². The minimum absolute atomic E-state index is 0.0429. The van der Waals surface area contributed by atoms with Gasteiger partial charge in [-0.3, -0.25) is 4.68 Å². The van der Waals surface area contributed by atoms with E-state index in [4.69, 9.17) is 0 Å². The van der Waals surface area contributed by atoms with E-state index < -0.39 is 9.84 Å². The van der Waals surface area contributed by atoms with Crippen molar-refractivity contribution in [3.8, 4) is 0 Å². The molecule has 0 aliphatic carbocycles. The van der Waals surface area contributed by atoms with E-state index in [1.165, 1.54) is 6.26 Å². The number of aromatic nitrogens is 3. The molecule has 0 aliphatic rings. The van der Waals surface area contributed by atoms with Crippen molar-refractivity contribution in [1.82, 2.24) is 20.1 Å². The lowest BCUT2D eigenvalue weighted by Crippen LogP contribution is -2.34. The molecule has 16 heavy (non-hydrogen) atoms. The molecule has 1 heterocycles. The summed E-state index contributed by atoms with van der Waals surface area (Å²) in [5.74, 6) is 0.921. The summed E-state index contributed by atoms with van der Waals surface area (Å²) in [5, 5.41) is 7.26. The first-order valence-corrected chi connectivity index (χ1v) is 7.18. The number of hydrogen-bond acceptors (Lipinski definition) is 5. The van der Waals surface area contributed by atoms with Crippen molar-refractivity contribution in [2.75, 3.05) is 18.6 Å². The van der Waals surface area contributed by atoms with E-state index in [1.54, 1.807) is 11.0 Å². The molecule has 1 aromatic heterocycles. The lowest BCUT2D eigenvalue weighted by Gasteiger charge is -2.11. The van der Waals surface area contributed by atoms with Gasteiger partial charge in [-0.05, 0) is 6.92 Å². The average Bonchev–Trinajstić information content (AvgIpc) is 2.48. The molecule has 0 bridgehead atoms. The van der Waals surface area contributed by atoms with Gasteiger partial charge in [0.05, 0.1) is 5.75 Å². The van der Waals surface area contributed by atoms with Crippen LogP contribution in [0.15, 0.2) is 6.33 Å². The van der Waals surface area contributed by atoms with Crippen molar-refractivity contribution in [3.05, 3.63) is 12.2 Å². The van der Waals surface area contributed by atoms with Gasteiger partial charge in [0, 0.05) is 32.3 Å². The largest absolute Gasteiger partial charge is 0.313 e. The van der Waals surface area contributed by atoms with Crippen LogP contribution >= 0.6 is 0 Å². The molecule has 0 amide bonds. The summed E-state index contributed by atoms with van der Waals surface area (Å²) in [4.78, 5) is 4.08. The molecule has 0 radical (unpaired) electrons. The number of hydrogen-bond donors (Lipinski definition) is 1. The normalized spacial score (nSPS) is 13.9. The van der Waals surface area contributed by atoms with Crippen molar-refractivity contribution >= 4 is 9.84 Å². The molecule has 0 spiro atoms. The Bertz CT molecular complexity index is 426. The summed E-state index contributed by atoms with van der Waals surface area (Å²) < 4.78 is 23.7. The van der Waals surface area contributed by atoms with Crippen molar-refractivity contribution in [3.63, 3.8) is 0 Å². The smallest absolute Gasteiger partial charge is 0.151 e. The van der Waals surface area contributed by atoms with Crippen molar-refractivity contribution in [2.45, 2.75) is 19.4 Å². The van der Waals surface area contributed by atoms with Crippen LogP contribution in [-0.4, -0.2) is 47.8 Å². The summed E-state index contributed by atoms with van der Waals surface area (Å²) in [5.41, 5.74) is 0. The van der Waals surface area contributed by atoms with Gasteiger partial charge in [-0.15, -0.1) is 0 Å². The highest BCUT2D eigenvalue weighted by atomic mass is 32.2. The van der Waals surface area contributed by atoms with E-state index in [-0.39, 0.29) is 11.8 Å². The molecule has 1 N–H and O–H groups in total. The fourth-order valence-corrected chi connectivity index (χ4v) is 2.47. The maximum absolute atomic E-state index is 11.0. The van der Waals surface area contributed by atoms with Gasteiger partial charge >= 0.3 is 0 Å². The highest BCUT2D eigenvalue weighted by Gasteiger charge is 2.09. The summed E-state index contributed by atoms with van der Waals surface area (Å²) >= 11 is 0. The third kappa shape index (κ3) is 5.22. The first-order valence-electron chi connectivity index (χ1n) is 5.12. The Morgan fingerprint density at radius 3 is 2.75 bits per heavy atom. The predicted molar refractivity (Wildman–Crippen MR) is 61.9 cm³/mol. The quantitative estimate of drug-likeness (QED) is 0.724. The molecule has 0 aromatic carbocycles. The monoisotopic (exact) mass is 246 g/mol. The molecule has 0 fully saturated rings. The molecule has 1 rings (SSSR count). The van der Waals surface area contributed by atoms with Gasteiger partial charge in [-0.25, -0.2) is 13.4 Å². The molecule has 0 aliphatic heterocycles. The first kappa shape index (κ1) is 13.1. The summed E-state index contributed by atoms with van der Waals surface area (Å²) in [6, 6.07) is -0.0429. The fourth-order valence-electron chi connectivity index (χ4n) is 1.44. The molecule has 7 heteroatoms. The van der Waals surface area contributed by atoms with Crippen LogP contribution in [0, 0.1) is 0 Å². The van der Waals surface area contributed by atoms with Crippen LogP contribution in [-0.2, 0) is 23.3 Å². The van der Waals surface area contributed by atoms with E-state index in [0.717, 1.165) is 5.82 Å². The van der Waals surface area contributed by atoms with E-state index in [2.05, 4.69) is 15.4 Å². The van der Waals surface area contributed by atoms with Crippen LogP contribution in [0.5, 0.6) is 0 Å². The molecule has 6 nitrogen and oxygen atoms in total. The average molecular weight is 246 g/mol. The zero-order valence-corrected chi connectivity index (χ0v) is 10.7. The highest BCUT2D eigenvalue weighted by molar-refractivity contribution is 7.90. The minimum Gasteiger partial charge on any atom is -0.313 e. The number of rotatable bonds is 6. The topological polar surface area (TPSA) is 76.9 Å². The molecule has 1 atom stereocenters. The van der Waals surface area contributed by atoms with Gasteiger partial charge in [-0.1, -0.05) is 0 Å². The Morgan fingerprint density at radius 2 is 2.25 bits per heavy atom. The van der Waals surface area contributed by atoms with Gasteiger partial charge in [-0.2, -0.15) is 5.10 Å². The fraction of sp³-hybridized carbons (Fsp3) is 0.778. The lowest BCUT2D eigenvalue weighted by atomic mass is 10.3. The zero-order valence-electron chi connectivity index (χ0n) is 9.84.